The standard InChI is InChI=1S/C13H17N5O2.ClH/c1-9(14-2)7-11-17-12(20-18-11)8-16-13(19)10-5-3-4-6-15-10;/h3-6,9,14H,7-8H2,1-2H3,(H,16,19);1H. The number of hydrogen-bond acceptors (Lipinski definition) is 6. The lowest BCUT2D eigenvalue weighted by molar-refractivity contribution is 0.0941. The number of aromatic nitrogens is 3. The largest absolute Gasteiger partial charge is 0.342 e. The molecule has 0 aliphatic carbocycles. The molecule has 7 nitrogen and oxygen atoms in total. The molecule has 0 fully saturated rings. The lowest BCUT2D eigenvalue weighted by atomic mass is 10.2. The van der Waals surface area contributed by atoms with E-state index in [9.17, 15) is 4.79 Å². The summed E-state index contributed by atoms with van der Waals surface area (Å²) in [4.78, 5) is 19.9. The van der Waals surface area contributed by atoms with Gasteiger partial charge in [0.25, 0.3) is 5.91 Å². The number of nitrogens with one attached hydrogen (secondary N) is 2. The molecular weight excluding hydrogens is 294 g/mol. The highest BCUT2D eigenvalue weighted by Gasteiger charge is 2.11. The van der Waals surface area contributed by atoms with Crippen molar-refractivity contribution in [1.29, 1.82) is 0 Å². The molecule has 8 heteroatoms. The Morgan fingerprint density at radius 2 is 2.24 bits per heavy atom. The number of rotatable bonds is 6. The Balaban J connectivity index is 0.00000220. The zero-order valence-electron chi connectivity index (χ0n) is 11.9. The Morgan fingerprint density at radius 3 is 2.90 bits per heavy atom. The summed E-state index contributed by atoms with van der Waals surface area (Å²) in [5.41, 5.74) is 0.357. The smallest absolute Gasteiger partial charge is 0.270 e. The predicted molar refractivity (Wildman–Crippen MR) is 79.2 cm³/mol. The number of halogens is 1. The normalized spacial score (nSPS) is 11.5. The summed E-state index contributed by atoms with van der Waals surface area (Å²) in [6.07, 6.45) is 2.24. The van der Waals surface area contributed by atoms with Crippen LogP contribution in [0.15, 0.2) is 28.9 Å². The van der Waals surface area contributed by atoms with Crippen molar-refractivity contribution in [1.82, 2.24) is 25.8 Å². The first-order valence-corrected chi connectivity index (χ1v) is 6.37. The van der Waals surface area contributed by atoms with Crippen LogP contribution in [0, 0.1) is 0 Å². The first kappa shape index (κ1) is 17.1. The molecule has 1 amide bonds. The van der Waals surface area contributed by atoms with E-state index in [1.165, 1.54) is 0 Å². The second kappa shape index (κ2) is 8.33. The topological polar surface area (TPSA) is 92.9 Å². The summed E-state index contributed by atoms with van der Waals surface area (Å²) in [7, 11) is 1.87. The monoisotopic (exact) mass is 311 g/mol. The fourth-order valence-electron chi connectivity index (χ4n) is 1.56. The van der Waals surface area contributed by atoms with Crippen molar-refractivity contribution >= 4 is 18.3 Å². The molecule has 0 spiro atoms. The SMILES string of the molecule is CNC(C)Cc1noc(CNC(=O)c2ccccn2)n1.Cl. The van der Waals surface area contributed by atoms with Gasteiger partial charge in [0, 0.05) is 18.7 Å². The van der Waals surface area contributed by atoms with Gasteiger partial charge in [-0.3, -0.25) is 9.78 Å². The second-order valence-corrected chi connectivity index (χ2v) is 4.40. The summed E-state index contributed by atoms with van der Waals surface area (Å²) < 4.78 is 5.07. The number of carbonyl (C=O) groups is 1. The Morgan fingerprint density at radius 1 is 1.43 bits per heavy atom. The van der Waals surface area contributed by atoms with Crippen molar-refractivity contribution in [3.8, 4) is 0 Å². The van der Waals surface area contributed by atoms with Crippen LogP contribution in [0.25, 0.3) is 0 Å². The van der Waals surface area contributed by atoms with Crippen molar-refractivity contribution in [3.05, 3.63) is 41.8 Å². The summed E-state index contributed by atoms with van der Waals surface area (Å²) in [6.45, 7) is 2.22. The third-order valence-electron chi connectivity index (χ3n) is 2.79. The van der Waals surface area contributed by atoms with Crippen LogP contribution < -0.4 is 10.6 Å². The highest BCUT2D eigenvalue weighted by molar-refractivity contribution is 5.92. The fourth-order valence-corrected chi connectivity index (χ4v) is 1.56. The van der Waals surface area contributed by atoms with Crippen molar-refractivity contribution in [3.63, 3.8) is 0 Å². The van der Waals surface area contributed by atoms with Crippen LogP contribution in [0.5, 0.6) is 0 Å². The molecule has 0 aromatic carbocycles. The summed E-state index contributed by atoms with van der Waals surface area (Å²) in [6, 6.07) is 5.42. The van der Waals surface area contributed by atoms with Crippen LogP contribution in [-0.4, -0.2) is 34.1 Å². The molecule has 0 saturated heterocycles. The van der Waals surface area contributed by atoms with Gasteiger partial charge in [-0.25, -0.2) is 0 Å². The highest BCUT2D eigenvalue weighted by atomic mass is 35.5. The van der Waals surface area contributed by atoms with Crippen LogP contribution in [-0.2, 0) is 13.0 Å². The van der Waals surface area contributed by atoms with Crippen LogP contribution in [0.2, 0.25) is 0 Å². The van der Waals surface area contributed by atoms with Crippen molar-refractivity contribution < 1.29 is 9.32 Å². The second-order valence-electron chi connectivity index (χ2n) is 4.40. The molecular formula is C13H18ClN5O2. The number of hydrogen-bond donors (Lipinski definition) is 2. The van der Waals surface area contributed by atoms with E-state index in [0.29, 0.717) is 23.8 Å². The number of carbonyl (C=O) groups excluding carboxylic acids is 1. The molecule has 2 heterocycles. The molecule has 0 aliphatic heterocycles. The van der Waals surface area contributed by atoms with Crippen molar-refractivity contribution in [2.75, 3.05) is 7.05 Å². The fraction of sp³-hybridized carbons (Fsp3) is 0.385. The summed E-state index contributed by atoms with van der Waals surface area (Å²) in [5.74, 6) is 0.732. The number of likely N-dealkylation sites (N-methyl/N-ethyl adjacent to an activating group) is 1. The molecule has 2 aromatic heterocycles. The molecule has 1 unspecified atom stereocenters. The van der Waals surface area contributed by atoms with E-state index in [1.54, 1.807) is 24.4 Å². The van der Waals surface area contributed by atoms with Crippen LogP contribution in [0.1, 0.15) is 29.1 Å². The number of amides is 1. The van der Waals surface area contributed by atoms with Crippen molar-refractivity contribution in [2.24, 2.45) is 0 Å². The molecule has 0 bridgehead atoms. The van der Waals surface area contributed by atoms with Gasteiger partial charge in [-0.1, -0.05) is 11.2 Å². The first-order chi connectivity index (χ1) is 9.69. The zero-order valence-corrected chi connectivity index (χ0v) is 12.7. The molecule has 114 valence electrons. The molecule has 1 atom stereocenters. The molecule has 0 saturated carbocycles. The van der Waals surface area contributed by atoms with E-state index >= 15 is 0 Å². The quantitative estimate of drug-likeness (QED) is 0.825. The van der Waals surface area contributed by atoms with Gasteiger partial charge in [0.15, 0.2) is 5.82 Å². The third-order valence-corrected chi connectivity index (χ3v) is 2.79. The van der Waals surface area contributed by atoms with Gasteiger partial charge < -0.3 is 15.2 Å². The first-order valence-electron chi connectivity index (χ1n) is 6.37. The third kappa shape index (κ3) is 5.13. The van der Waals surface area contributed by atoms with Gasteiger partial charge in [-0.15, -0.1) is 12.4 Å². The highest BCUT2D eigenvalue weighted by Crippen LogP contribution is 2.01. The van der Waals surface area contributed by atoms with E-state index in [-0.39, 0.29) is 30.9 Å². The maximum atomic E-state index is 11.8. The Bertz CT molecular complexity index is 561. The van der Waals surface area contributed by atoms with E-state index in [4.69, 9.17) is 4.52 Å². The maximum Gasteiger partial charge on any atom is 0.270 e. The van der Waals surface area contributed by atoms with E-state index in [2.05, 4.69) is 25.8 Å². The summed E-state index contributed by atoms with van der Waals surface area (Å²) >= 11 is 0. The predicted octanol–water partition coefficient (Wildman–Crippen LogP) is 0.967. The molecule has 0 radical (unpaired) electrons. The minimum absolute atomic E-state index is 0. The minimum Gasteiger partial charge on any atom is -0.342 e. The molecule has 21 heavy (non-hydrogen) atoms. The molecule has 2 rings (SSSR count). The van der Waals surface area contributed by atoms with Gasteiger partial charge in [-0.2, -0.15) is 4.98 Å². The lowest BCUT2D eigenvalue weighted by Crippen LogP contribution is -2.24. The maximum absolute atomic E-state index is 11.8. The average Bonchev–Trinajstić information content (AvgIpc) is 2.93. The Labute approximate surface area is 128 Å². The molecule has 2 N–H and O–H groups in total. The number of pyridine rings is 1. The van der Waals surface area contributed by atoms with Gasteiger partial charge >= 0.3 is 0 Å². The van der Waals surface area contributed by atoms with E-state index in [1.807, 2.05) is 14.0 Å². The average molecular weight is 312 g/mol. The number of nitrogens with zero attached hydrogens (tertiary/aromatic N) is 3. The minimum atomic E-state index is -0.269. The Hall–Kier alpha value is -1.99. The van der Waals surface area contributed by atoms with Crippen LogP contribution >= 0.6 is 12.4 Å². The van der Waals surface area contributed by atoms with Gasteiger partial charge in [0.1, 0.15) is 5.69 Å². The van der Waals surface area contributed by atoms with Crippen LogP contribution in [0.4, 0.5) is 0 Å². The molecule has 2 aromatic rings. The summed E-state index contributed by atoms with van der Waals surface area (Å²) in [5, 5.41) is 9.64. The zero-order chi connectivity index (χ0) is 14.4. The van der Waals surface area contributed by atoms with Gasteiger partial charge in [0.2, 0.25) is 5.89 Å². The van der Waals surface area contributed by atoms with E-state index < -0.39 is 0 Å². The van der Waals surface area contributed by atoms with Crippen LogP contribution in [0.3, 0.4) is 0 Å². The molecule has 0 aliphatic rings. The van der Waals surface area contributed by atoms with Gasteiger partial charge in [-0.05, 0) is 26.1 Å². The Kier molecular flexibility index (Phi) is 6.77. The van der Waals surface area contributed by atoms with Crippen molar-refractivity contribution in [2.45, 2.75) is 25.9 Å². The van der Waals surface area contributed by atoms with Gasteiger partial charge in [0.05, 0.1) is 6.54 Å². The van der Waals surface area contributed by atoms with E-state index in [0.717, 1.165) is 0 Å². The lowest BCUT2D eigenvalue weighted by Gasteiger charge is -2.04.